The maximum absolute atomic E-state index is 14.0. The van der Waals surface area contributed by atoms with Gasteiger partial charge in [0.15, 0.2) is 0 Å². The molecule has 3 heterocycles. The molecule has 10 nitrogen and oxygen atoms in total. The van der Waals surface area contributed by atoms with Gasteiger partial charge in [-0.3, -0.25) is 14.6 Å². The Morgan fingerprint density at radius 3 is 2.51 bits per heavy atom. The van der Waals surface area contributed by atoms with Crippen molar-refractivity contribution in [1.82, 2.24) is 14.9 Å². The zero-order chi connectivity index (χ0) is 25.3. The molecule has 0 saturated carbocycles. The second kappa shape index (κ2) is 10.3. The van der Waals surface area contributed by atoms with Gasteiger partial charge in [-0.15, -0.1) is 0 Å². The molecule has 0 aliphatic carbocycles. The number of methoxy groups -OCH3 is 2. The van der Waals surface area contributed by atoms with Crippen molar-refractivity contribution in [3.63, 3.8) is 0 Å². The molecule has 1 aromatic carbocycles. The van der Waals surface area contributed by atoms with Crippen LogP contribution in [0.4, 0.5) is 22.2 Å². The highest BCUT2D eigenvalue weighted by Crippen LogP contribution is 2.48. The van der Waals surface area contributed by atoms with Gasteiger partial charge in [-0.1, -0.05) is 30.1 Å². The van der Waals surface area contributed by atoms with E-state index in [0.717, 1.165) is 12.0 Å². The van der Waals surface area contributed by atoms with E-state index >= 15 is 0 Å². The fourth-order valence-corrected chi connectivity index (χ4v) is 5.17. The Hall–Kier alpha value is -2.98. The maximum atomic E-state index is 14.0. The number of hydrogen-bond donors (Lipinski definition) is 1. The van der Waals surface area contributed by atoms with Crippen molar-refractivity contribution >= 4 is 52.6 Å². The number of carbonyl (C=O) groups is 2. The molecule has 35 heavy (non-hydrogen) atoms. The van der Waals surface area contributed by atoms with Crippen LogP contribution >= 0.6 is 23.2 Å². The van der Waals surface area contributed by atoms with Crippen LogP contribution in [0.5, 0.6) is 11.5 Å². The summed E-state index contributed by atoms with van der Waals surface area (Å²) in [6.07, 6.45) is 3.54. The molecule has 12 heteroatoms. The molecule has 3 amide bonds. The molecule has 0 radical (unpaired) electrons. The van der Waals surface area contributed by atoms with Crippen LogP contribution in [0.15, 0.2) is 12.3 Å². The minimum atomic E-state index is -0.354. The van der Waals surface area contributed by atoms with E-state index in [1.54, 1.807) is 29.1 Å². The van der Waals surface area contributed by atoms with E-state index < -0.39 is 0 Å². The van der Waals surface area contributed by atoms with Crippen molar-refractivity contribution in [3.8, 4) is 11.5 Å². The predicted octanol–water partition coefficient (Wildman–Crippen LogP) is 4.19. The Labute approximate surface area is 214 Å². The molecule has 188 valence electrons. The predicted molar refractivity (Wildman–Crippen MR) is 135 cm³/mol. The fourth-order valence-electron chi connectivity index (χ4n) is 4.46. The summed E-state index contributed by atoms with van der Waals surface area (Å²) in [5.41, 5.74) is 0.996. The van der Waals surface area contributed by atoms with Crippen LogP contribution in [0.3, 0.4) is 0 Å². The highest BCUT2D eigenvalue weighted by Gasteiger charge is 2.42. The summed E-state index contributed by atoms with van der Waals surface area (Å²) in [6.45, 7) is 3.11. The number of fused-ring (bicyclic) bond motifs is 1. The van der Waals surface area contributed by atoms with Gasteiger partial charge in [0.05, 0.1) is 32.5 Å². The summed E-state index contributed by atoms with van der Waals surface area (Å²) < 4.78 is 10.8. The third-order valence-corrected chi connectivity index (χ3v) is 6.95. The van der Waals surface area contributed by atoms with Crippen molar-refractivity contribution in [2.24, 2.45) is 0 Å². The molecule has 2 aromatic rings. The lowest BCUT2D eigenvalue weighted by Crippen LogP contribution is -2.53. The molecule has 1 aromatic heterocycles. The molecular weight excluding hydrogens is 495 g/mol. The van der Waals surface area contributed by atoms with E-state index in [2.05, 4.69) is 15.3 Å². The van der Waals surface area contributed by atoms with Crippen LogP contribution in [0, 0.1) is 0 Å². The van der Waals surface area contributed by atoms with Gasteiger partial charge in [0.25, 0.3) is 0 Å². The summed E-state index contributed by atoms with van der Waals surface area (Å²) >= 11 is 13.3. The molecule has 2 aliphatic heterocycles. The largest absolute Gasteiger partial charge is 0.495 e. The van der Waals surface area contributed by atoms with Crippen LogP contribution < -0.4 is 24.6 Å². The van der Waals surface area contributed by atoms with Crippen molar-refractivity contribution in [2.75, 3.05) is 49.5 Å². The van der Waals surface area contributed by atoms with E-state index in [9.17, 15) is 9.59 Å². The smallest absolute Gasteiger partial charge is 0.330 e. The molecule has 1 atom stereocenters. The van der Waals surface area contributed by atoms with Gasteiger partial charge in [0, 0.05) is 44.4 Å². The highest BCUT2D eigenvalue weighted by molar-refractivity contribution is 6.42. The lowest BCUT2D eigenvalue weighted by Gasteiger charge is -2.39. The zero-order valence-corrected chi connectivity index (χ0v) is 21.6. The van der Waals surface area contributed by atoms with Crippen LogP contribution in [-0.2, 0) is 11.3 Å². The quantitative estimate of drug-likeness (QED) is 0.581. The topological polar surface area (TPSA) is 100 Å². The van der Waals surface area contributed by atoms with Gasteiger partial charge in [-0.2, -0.15) is 4.98 Å². The minimum Gasteiger partial charge on any atom is -0.495 e. The molecule has 1 saturated heterocycles. The average molecular weight is 523 g/mol. The average Bonchev–Trinajstić information content (AvgIpc) is 3.34. The summed E-state index contributed by atoms with van der Waals surface area (Å²) in [6, 6.07) is 0.951. The van der Waals surface area contributed by atoms with Crippen molar-refractivity contribution in [2.45, 2.75) is 38.8 Å². The van der Waals surface area contributed by atoms with Crippen LogP contribution in [-0.4, -0.2) is 67.2 Å². The van der Waals surface area contributed by atoms with E-state index in [1.165, 1.54) is 19.1 Å². The zero-order valence-electron chi connectivity index (χ0n) is 20.1. The molecule has 1 fully saturated rings. The Balaban J connectivity index is 1.80. The standard InChI is InChI=1S/C23H28Cl2N6O4/c1-5-6-17(32)29-8-7-14(12-29)31-21-13(10-27-22(26-2)28-21)11-30(23(31)33)20-18(24)15(34-3)9-16(35-4)19(20)25/h9-10,14H,5-8,11-12H2,1-4H3,(H,26,27,28)/t14-/m0/s1. The van der Waals surface area contributed by atoms with Gasteiger partial charge in [0.1, 0.15) is 27.4 Å². The summed E-state index contributed by atoms with van der Waals surface area (Å²) in [7, 11) is 4.67. The molecule has 0 spiro atoms. The second-order valence-electron chi connectivity index (χ2n) is 8.32. The number of hydrogen-bond acceptors (Lipinski definition) is 7. The highest BCUT2D eigenvalue weighted by atomic mass is 35.5. The number of nitrogens with zero attached hydrogens (tertiary/aromatic N) is 5. The number of nitrogens with one attached hydrogen (secondary N) is 1. The molecular formula is C23H28Cl2N6O4. The summed E-state index contributed by atoms with van der Waals surface area (Å²) in [4.78, 5) is 40.4. The Kier molecular flexibility index (Phi) is 7.42. The first kappa shape index (κ1) is 25.1. The summed E-state index contributed by atoms with van der Waals surface area (Å²) in [5.74, 6) is 1.63. The first-order valence-electron chi connectivity index (χ1n) is 11.4. The lowest BCUT2D eigenvalue weighted by atomic mass is 10.1. The van der Waals surface area contributed by atoms with Crippen LogP contribution in [0.2, 0.25) is 10.0 Å². The Morgan fingerprint density at radius 2 is 1.91 bits per heavy atom. The van der Waals surface area contributed by atoms with Gasteiger partial charge >= 0.3 is 6.03 Å². The van der Waals surface area contributed by atoms with Gasteiger partial charge in [-0.25, -0.2) is 9.78 Å². The van der Waals surface area contributed by atoms with E-state index in [1.807, 2.05) is 6.92 Å². The molecule has 0 bridgehead atoms. The van der Waals surface area contributed by atoms with Gasteiger partial charge in [-0.05, 0) is 12.8 Å². The van der Waals surface area contributed by atoms with Crippen molar-refractivity contribution < 1.29 is 19.1 Å². The Morgan fingerprint density at radius 1 is 1.23 bits per heavy atom. The van der Waals surface area contributed by atoms with Gasteiger partial charge < -0.3 is 19.7 Å². The van der Waals surface area contributed by atoms with Crippen LogP contribution in [0.1, 0.15) is 31.7 Å². The number of ether oxygens (including phenoxy) is 2. The van der Waals surface area contributed by atoms with Crippen molar-refractivity contribution in [3.05, 3.63) is 27.9 Å². The number of carbonyl (C=O) groups excluding carboxylic acids is 2. The van der Waals surface area contributed by atoms with Crippen molar-refractivity contribution in [1.29, 1.82) is 0 Å². The normalized spacial score (nSPS) is 17.5. The summed E-state index contributed by atoms with van der Waals surface area (Å²) in [5, 5.41) is 3.30. The molecule has 0 unspecified atom stereocenters. The minimum absolute atomic E-state index is 0.0822. The molecule has 4 rings (SSSR count). The van der Waals surface area contributed by atoms with Gasteiger partial charge in [0.2, 0.25) is 11.9 Å². The SMILES string of the molecule is CCCC(=O)N1CC[C@H](N2C(=O)N(c3c(Cl)c(OC)cc(OC)c3Cl)Cc3cnc(NC)nc32)C1. The first-order valence-corrected chi connectivity index (χ1v) is 12.1. The second-order valence-corrected chi connectivity index (χ2v) is 9.08. The van der Waals surface area contributed by atoms with E-state index in [4.69, 9.17) is 32.7 Å². The molecule has 1 N–H and O–H groups in total. The number of benzene rings is 1. The number of likely N-dealkylation sites (tertiary alicyclic amines) is 1. The third-order valence-electron chi connectivity index (χ3n) is 6.22. The third kappa shape index (κ3) is 4.52. The number of urea groups is 1. The number of aromatic nitrogens is 2. The lowest BCUT2D eigenvalue weighted by molar-refractivity contribution is -0.130. The van der Waals surface area contributed by atoms with E-state index in [0.29, 0.717) is 49.2 Å². The molecule has 2 aliphatic rings. The number of anilines is 3. The Bertz CT molecular complexity index is 1120. The van der Waals surface area contributed by atoms with E-state index in [-0.39, 0.29) is 40.3 Å². The van der Waals surface area contributed by atoms with Crippen LogP contribution in [0.25, 0.3) is 0 Å². The number of halogens is 2. The number of rotatable bonds is 7. The fraction of sp³-hybridized carbons (Fsp3) is 0.478. The maximum Gasteiger partial charge on any atom is 0.330 e. The number of amides is 3. The monoisotopic (exact) mass is 522 g/mol. The first-order chi connectivity index (χ1) is 16.8.